The van der Waals surface area contributed by atoms with Gasteiger partial charge < -0.3 is 19.6 Å². The summed E-state index contributed by atoms with van der Waals surface area (Å²) in [5.41, 5.74) is 4.71. The molecule has 7 nitrogen and oxygen atoms in total. The summed E-state index contributed by atoms with van der Waals surface area (Å²) in [5.74, 6) is 0.302. The van der Waals surface area contributed by atoms with Gasteiger partial charge in [0.2, 0.25) is 5.89 Å². The molecule has 0 aliphatic carbocycles. The second-order valence-corrected chi connectivity index (χ2v) is 8.25. The number of nitrogens with zero attached hydrogens (tertiary/aromatic N) is 1. The number of aromatic nitrogens is 1. The number of phenolic OH excluding ortho intramolecular Hbond substituents is 1. The van der Waals surface area contributed by atoms with Crippen LogP contribution in [0.4, 0.5) is 5.69 Å². The molecule has 33 heavy (non-hydrogen) atoms. The largest absolute Gasteiger partial charge is 0.507 e. The van der Waals surface area contributed by atoms with E-state index in [1.807, 2.05) is 26.0 Å². The molecule has 0 saturated heterocycles. The third-order valence-electron chi connectivity index (χ3n) is 4.95. The van der Waals surface area contributed by atoms with Crippen molar-refractivity contribution in [1.82, 2.24) is 10.3 Å². The van der Waals surface area contributed by atoms with Crippen molar-refractivity contribution in [3.05, 3.63) is 70.2 Å². The number of amides is 1. The van der Waals surface area contributed by atoms with Gasteiger partial charge in [-0.15, -0.1) is 0 Å². The van der Waals surface area contributed by atoms with Crippen LogP contribution in [-0.4, -0.2) is 28.2 Å². The van der Waals surface area contributed by atoms with Crippen LogP contribution in [0, 0.1) is 13.8 Å². The number of aromatic hydroxyl groups is 1. The third-order valence-corrected chi connectivity index (χ3v) is 5.45. The first kappa shape index (κ1) is 22.6. The van der Waals surface area contributed by atoms with Crippen molar-refractivity contribution in [3.8, 4) is 23.0 Å². The van der Waals surface area contributed by atoms with Gasteiger partial charge in [-0.25, -0.2) is 4.98 Å². The number of oxazole rings is 1. The molecule has 168 valence electrons. The number of nitrogens with one attached hydrogen (secondary N) is 2. The lowest BCUT2D eigenvalue weighted by atomic mass is 10.1. The number of phenols is 1. The Morgan fingerprint density at radius 3 is 2.64 bits per heavy atom. The topological polar surface area (TPSA) is 96.6 Å². The average molecular weight is 482 g/mol. The number of hydrogen-bond donors (Lipinski definition) is 3. The van der Waals surface area contributed by atoms with Gasteiger partial charge >= 0.3 is 0 Å². The van der Waals surface area contributed by atoms with Gasteiger partial charge in [0.25, 0.3) is 5.91 Å². The van der Waals surface area contributed by atoms with Crippen molar-refractivity contribution in [2.45, 2.75) is 13.8 Å². The predicted octanol–water partition coefficient (Wildman–Crippen LogP) is 5.61. The number of carbonyl (C=O) groups is 1. The van der Waals surface area contributed by atoms with Crippen LogP contribution >= 0.6 is 23.8 Å². The maximum atomic E-state index is 12.4. The summed E-state index contributed by atoms with van der Waals surface area (Å²) >= 11 is 11.3. The van der Waals surface area contributed by atoms with Crippen molar-refractivity contribution in [1.29, 1.82) is 0 Å². The zero-order chi connectivity index (χ0) is 23.7. The molecule has 3 aromatic carbocycles. The Bertz CT molecular complexity index is 1400. The second kappa shape index (κ2) is 9.09. The summed E-state index contributed by atoms with van der Waals surface area (Å²) in [6, 6.07) is 13.4. The van der Waals surface area contributed by atoms with E-state index in [1.54, 1.807) is 24.3 Å². The number of anilines is 1. The molecule has 1 aromatic heterocycles. The summed E-state index contributed by atoms with van der Waals surface area (Å²) in [6.07, 6.45) is 0. The molecule has 0 unspecified atom stereocenters. The van der Waals surface area contributed by atoms with Gasteiger partial charge in [-0.3, -0.25) is 10.1 Å². The first-order chi connectivity index (χ1) is 15.7. The van der Waals surface area contributed by atoms with Crippen molar-refractivity contribution < 1.29 is 19.1 Å². The van der Waals surface area contributed by atoms with E-state index < -0.39 is 5.91 Å². The SMILES string of the molecule is COc1ccc(C(=O)NC(=S)Nc2ccc(-c3nc4cc(C)cc(C)c4o3)c(O)c2)cc1Cl. The van der Waals surface area contributed by atoms with E-state index in [-0.39, 0.29) is 10.9 Å². The molecule has 0 aliphatic rings. The van der Waals surface area contributed by atoms with E-state index >= 15 is 0 Å². The first-order valence-electron chi connectivity index (χ1n) is 9.92. The van der Waals surface area contributed by atoms with Gasteiger partial charge in [-0.2, -0.15) is 0 Å². The number of benzene rings is 3. The second-order valence-electron chi connectivity index (χ2n) is 7.44. The van der Waals surface area contributed by atoms with Gasteiger partial charge in [-0.1, -0.05) is 17.7 Å². The Balaban J connectivity index is 1.48. The zero-order valence-electron chi connectivity index (χ0n) is 18.0. The number of fused-ring (bicyclic) bond motifs is 1. The molecule has 0 spiro atoms. The number of carbonyl (C=O) groups excluding carboxylic acids is 1. The van der Waals surface area contributed by atoms with Crippen molar-refractivity contribution in [2.24, 2.45) is 0 Å². The summed E-state index contributed by atoms with van der Waals surface area (Å²) in [4.78, 5) is 16.9. The lowest BCUT2D eigenvalue weighted by molar-refractivity contribution is 0.0977. The summed E-state index contributed by atoms with van der Waals surface area (Å²) in [5, 5.41) is 16.4. The van der Waals surface area contributed by atoms with Crippen molar-refractivity contribution >= 4 is 51.6 Å². The highest BCUT2D eigenvalue weighted by Gasteiger charge is 2.16. The normalized spacial score (nSPS) is 10.8. The standard InChI is InChI=1S/C24H20ClN3O4S/c1-12-8-13(2)21-18(9-12)27-23(32-21)16-6-5-15(11-19(16)29)26-24(33)28-22(30)14-4-7-20(31-3)17(25)10-14/h4-11,29H,1-3H3,(H2,26,28,30,33). The minimum Gasteiger partial charge on any atom is -0.507 e. The van der Waals surface area contributed by atoms with Crippen LogP contribution in [0.5, 0.6) is 11.5 Å². The molecule has 1 amide bonds. The van der Waals surface area contributed by atoms with E-state index in [0.717, 1.165) is 16.6 Å². The molecule has 0 aliphatic heterocycles. The maximum Gasteiger partial charge on any atom is 0.257 e. The third kappa shape index (κ3) is 4.76. The number of aryl methyl sites for hydroxylation is 2. The Labute approximate surface area is 200 Å². The smallest absolute Gasteiger partial charge is 0.257 e. The van der Waals surface area contributed by atoms with Crippen LogP contribution in [0.2, 0.25) is 5.02 Å². The molecule has 4 rings (SSSR count). The molecule has 1 heterocycles. The van der Waals surface area contributed by atoms with Crippen molar-refractivity contribution in [3.63, 3.8) is 0 Å². The number of ether oxygens (including phenoxy) is 1. The minimum absolute atomic E-state index is 0.0445. The number of rotatable bonds is 4. The Kier molecular flexibility index (Phi) is 6.22. The molecular weight excluding hydrogens is 462 g/mol. The number of hydrogen-bond acceptors (Lipinski definition) is 6. The van der Waals surface area contributed by atoms with Crippen LogP contribution in [-0.2, 0) is 0 Å². The van der Waals surface area contributed by atoms with Crippen LogP contribution in [0.3, 0.4) is 0 Å². The van der Waals surface area contributed by atoms with E-state index in [2.05, 4.69) is 15.6 Å². The molecule has 0 fully saturated rings. The molecule has 0 saturated carbocycles. The van der Waals surface area contributed by atoms with E-state index in [1.165, 1.54) is 19.2 Å². The highest BCUT2D eigenvalue weighted by atomic mass is 35.5. The highest BCUT2D eigenvalue weighted by molar-refractivity contribution is 7.80. The predicted molar refractivity (Wildman–Crippen MR) is 132 cm³/mol. The van der Waals surface area contributed by atoms with Crippen LogP contribution in [0.15, 0.2) is 52.9 Å². The van der Waals surface area contributed by atoms with Gasteiger partial charge in [0.15, 0.2) is 10.7 Å². The van der Waals surface area contributed by atoms with E-state index in [0.29, 0.717) is 39.1 Å². The summed E-state index contributed by atoms with van der Waals surface area (Å²) < 4.78 is 11.0. The van der Waals surface area contributed by atoms with E-state index in [9.17, 15) is 9.90 Å². The molecule has 0 bridgehead atoms. The lowest BCUT2D eigenvalue weighted by Gasteiger charge is -2.11. The fourth-order valence-corrected chi connectivity index (χ4v) is 3.90. The van der Waals surface area contributed by atoms with Gasteiger partial charge in [0.1, 0.15) is 17.0 Å². The van der Waals surface area contributed by atoms with Gasteiger partial charge in [-0.05, 0) is 73.6 Å². The number of thiocarbonyl (C=S) groups is 1. The molecular formula is C24H20ClN3O4S. The Morgan fingerprint density at radius 1 is 1.15 bits per heavy atom. The molecule has 9 heteroatoms. The molecule has 4 aromatic rings. The Morgan fingerprint density at radius 2 is 1.94 bits per heavy atom. The molecule has 0 radical (unpaired) electrons. The highest BCUT2D eigenvalue weighted by Crippen LogP contribution is 2.34. The number of methoxy groups -OCH3 is 1. The maximum absolute atomic E-state index is 12.4. The fraction of sp³-hybridized carbons (Fsp3) is 0.125. The van der Waals surface area contributed by atoms with Crippen molar-refractivity contribution in [2.75, 3.05) is 12.4 Å². The van der Waals surface area contributed by atoms with Crippen LogP contribution < -0.4 is 15.4 Å². The zero-order valence-corrected chi connectivity index (χ0v) is 19.6. The Hall–Kier alpha value is -3.62. The minimum atomic E-state index is -0.435. The van der Waals surface area contributed by atoms with Gasteiger partial charge in [0, 0.05) is 17.3 Å². The quantitative estimate of drug-likeness (QED) is 0.326. The molecule has 3 N–H and O–H groups in total. The fourth-order valence-electron chi connectivity index (χ4n) is 3.43. The van der Waals surface area contributed by atoms with Crippen LogP contribution in [0.1, 0.15) is 21.5 Å². The summed E-state index contributed by atoms with van der Waals surface area (Å²) in [6.45, 7) is 3.94. The van der Waals surface area contributed by atoms with Gasteiger partial charge in [0.05, 0.1) is 17.7 Å². The first-order valence-corrected chi connectivity index (χ1v) is 10.7. The average Bonchev–Trinajstić information content (AvgIpc) is 3.17. The lowest BCUT2D eigenvalue weighted by Crippen LogP contribution is -2.34. The monoisotopic (exact) mass is 481 g/mol. The molecule has 0 atom stereocenters. The summed E-state index contributed by atoms with van der Waals surface area (Å²) in [7, 11) is 1.49. The van der Waals surface area contributed by atoms with E-state index in [4.69, 9.17) is 33.0 Å². The number of halogens is 1. The van der Waals surface area contributed by atoms with Crippen LogP contribution in [0.25, 0.3) is 22.6 Å².